The Balaban J connectivity index is 3.39. The summed E-state index contributed by atoms with van der Waals surface area (Å²) in [5, 5.41) is 0. The summed E-state index contributed by atoms with van der Waals surface area (Å²) in [5.41, 5.74) is 4.86. The molecule has 0 aliphatic heterocycles. The van der Waals surface area contributed by atoms with E-state index in [1.54, 1.807) is 0 Å². The van der Waals surface area contributed by atoms with Gasteiger partial charge in [-0.05, 0) is 6.92 Å². The maximum atomic E-state index is 11.2. The summed E-state index contributed by atoms with van der Waals surface area (Å²) in [7, 11) is 0. The van der Waals surface area contributed by atoms with Crippen LogP contribution in [0.2, 0.25) is 0 Å². The number of alkyl halides is 3. The lowest BCUT2D eigenvalue weighted by Crippen LogP contribution is -2.23. The van der Waals surface area contributed by atoms with Crippen LogP contribution < -0.4 is 5.73 Å². The summed E-state index contributed by atoms with van der Waals surface area (Å²) in [6, 6.07) is -0.782. The van der Waals surface area contributed by atoms with E-state index in [0.717, 1.165) is 0 Å². The number of nitrogens with two attached hydrogens (primary N) is 1. The summed E-state index contributed by atoms with van der Waals surface area (Å²) >= 11 is 0. The van der Waals surface area contributed by atoms with Crippen molar-refractivity contribution in [1.82, 2.24) is 0 Å². The first-order valence-corrected chi connectivity index (χ1v) is 2.24. The lowest BCUT2D eigenvalue weighted by Gasteiger charge is -2.07. The van der Waals surface area contributed by atoms with E-state index in [1.165, 1.54) is 6.92 Å². The predicted octanol–water partition coefficient (Wildman–Crippen LogP) is 1.29. The third-order valence-corrected chi connectivity index (χ3v) is 0.553. The van der Waals surface area contributed by atoms with Crippen LogP contribution in [0, 0.1) is 0 Å². The highest BCUT2D eigenvalue weighted by Crippen LogP contribution is 2.20. The van der Waals surface area contributed by atoms with Gasteiger partial charge in [-0.2, -0.15) is 13.2 Å². The lowest BCUT2D eigenvalue weighted by atomic mass is 10.2. The Morgan fingerprint density at radius 1 is 1.50 bits per heavy atom. The molecule has 0 saturated carbocycles. The van der Waals surface area contributed by atoms with E-state index in [2.05, 4.69) is 0 Å². The van der Waals surface area contributed by atoms with Crippen molar-refractivity contribution in [2.75, 3.05) is 0 Å². The van der Waals surface area contributed by atoms with Crippen LogP contribution in [0.15, 0.2) is 0 Å². The van der Waals surface area contributed by atoms with Gasteiger partial charge in [0, 0.05) is 6.04 Å². The van der Waals surface area contributed by atoms with E-state index >= 15 is 0 Å². The van der Waals surface area contributed by atoms with E-state index in [4.69, 9.17) is 5.73 Å². The Labute approximate surface area is 45.7 Å². The summed E-state index contributed by atoms with van der Waals surface area (Å²) < 4.78 is 33.7. The van der Waals surface area contributed by atoms with Crippen LogP contribution in [-0.2, 0) is 0 Å². The average Bonchev–Trinajstić information content (AvgIpc) is 1.21. The highest BCUT2D eigenvalue weighted by atomic mass is 19.4. The largest absolute Gasteiger partial charge is 0.390 e. The van der Waals surface area contributed by atoms with Gasteiger partial charge in [-0.3, -0.25) is 0 Å². The number of hydrogen-bond acceptors (Lipinski definition) is 1. The second-order valence-corrected chi connectivity index (χ2v) is 1.80. The maximum Gasteiger partial charge on any atom is 0.390 e. The van der Waals surface area contributed by atoms with Crippen molar-refractivity contribution in [3.05, 3.63) is 0 Å². The van der Waals surface area contributed by atoms with Crippen molar-refractivity contribution in [2.45, 2.75) is 25.6 Å². The summed E-state index contributed by atoms with van der Waals surface area (Å²) in [6.45, 7) is 1.33. The zero-order chi connectivity index (χ0) is 6.78. The first-order chi connectivity index (χ1) is 3.42. The van der Waals surface area contributed by atoms with Gasteiger partial charge in [0.05, 0.1) is 6.42 Å². The van der Waals surface area contributed by atoms with Gasteiger partial charge in [-0.1, -0.05) is 0 Å². The summed E-state index contributed by atoms with van der Waals surface area (Å²) in [4.78, 5) is 0. The van der Waals surface area contributed by atoms with Crippen molar-refractivity contribution in [3.8, 4) is 0 Å². The van der Waals surface area contributed by atoms with Gasteiger partial charge in [0.15, 0.2) is 0 Å². The van der Waals surface area contributed by atoms with Gasteiger partial charge in [0.2, 0.25) is 0 Å². The monoisotopic (exact) mass is 127 g/mol. The third kappa shape index (κ3) is 5.75. The molecule has 0 unspecified atom stereocenters. The Morgan fingerprint density at radius 2 is 1.88 bits per heavy atom. The zero-order valence-electron chi connectivity index (χ0n) is 4.50. The lowest BCUT2D eigenvalue weighted by molar-refractivity contribution is -0.137. The van der Waals surface area contributed by atoms with Crippen LogP contribution in [0.4, 0.5) is 13.2 Å². The van der Waals surface area contributed by atoms with Crippen LogP contribution in [0.5, 0.6) is 0 Å². The van der Waals surface area contributed by atoms with Gasteiger partial charge in [0.25, 0.3) is 0 Å². The fourth-order valence-electron chi connectivity index (χ4n) is 0.365. The highest BCUT2D eigenvalue weighted by molar-refractivity contribution is 4.58. The zero-order valence-corrected chi connectivity index (χ0v) is 4.50. The molecule has 2 N–H and O–H groups in total. The molecule has 0 radical (unpaired) electrons. The molecular formula is C4H8F3N. The van der Waals surface area contributed by atoms with E-state index in [-0.39, 0.29) is 0 Å². The minimum Gasteiger partial charge on any atom is -0.328 e. The standard InChI is InChI=1S/C4H8F3N/c1-3(8)2-4(5,6)7/h3H,2,8H2,1H3/t3-/m0/s1. The fourth-order valence-corrected chi connectivity index (χ4v) is 0.365. The molecule has 0 saturated heterocycles. The van der Waals surface area contributed by atoms with Crippen LogP contribution >= 0.6 is 0 Å². The Kier molecular flexibility index (Phi) is 2.27. The molecule has 0 aliphatic carbocycles. The van der Waals surface area contributed by atoms with Gasteiger partial charge in [-0.25, -0.2) is 0 Å². The average molecular weight is 127 g/mol. The van der Waals surface area contributed by atoms with Crippen molar-refractivity contribution in [2.24, 2.45) is 5.73 Å². The van der Waals surface area contributed by atoms with Gasteiger partial charge >= 0.3 is 6.18 Å². The second kappa shape index (κ2) is 2.35. The van der Waals surface area contributed by atoms with Crippen LogP contribution in [0.25, 0.3) is 0 Å². The van der Waals surface area contributed by atoms with Crippen molar-refractivity contribution in [1.29, 1.82) is 0 Å². The molecule has 0 amide bonds. The molecule has 0 heterocycles. The molecule has 4 heteroatoms. The minimum absolute atomic E-state index is 0.782. The van der Waals surface area contributed by atoms with Crippen molar-refractivity contribution in [3.63, 3.8) is 0 Å². The van der Waals surface area contributed by atoms with Gasteiger partial charge in [-0.15, -0.1) is 0 Å². The molecule has 0 aliphatic rings. The molecule has 0 spiro atoms. The first-order valence-electron chi connectivity index (χ1n) is 2.24. The highest BCUT2D eigenvalue weighted by Gasteiger charge is 2.28. The summed E-state index contributed by atoms with van der Waals surface area (Å²) in [5.74, 6) is 0. The van der Waals surface area contributed by atoms with Gasteiger partial charge in [0.1, 0.15) is 0 Å². The predicted molar refractivity (Wildman–Crippen MR) is 24.3 cm³/mol. The molecule has 0 aromatic heterocycles. The molecule has 1 nitrogen and oxygen atoms in total. The maximum absolute atomic E-state index is 11.2. The smallest absolute Gasteiger partial charge is 0.328 e. The van der Waals surface area contributed by atoms with E-state index < -0.39 is 18.6 Å². The normalized spacial score (nSPS) is 16.1. The minimum atomic E-state index is -4.10. The second-order valence-electron chi connectivity index (χ2n) is 1.80. The molecule has 0 aromatic carbocycles. The molecule has 50 valence electrons. The number of hydrogen-bond donors (Lipinski definition) is 1. The van der Waals surface area contributed by atoms with E-state index in [0.29, 0.717) is 0 Å². The van der Waals surface area contributed by atoms with Crippen LogP contribution in [0.1, 0.15) is 13.3 Å². The fraction of sp³-hybridized carbons (Fsp3) is 1.00. The molecular weight excluding hydrogens is 119 g/mol. The Hall–Kier alpha value is -0.250. The molecule has 0 fully saturated rings. The molecule has 0 rings (SSSR count). The Bertz CT molecular complexity index is 66.2. The van der Waals surface area contributed by atoms with Gasteiger partial charge < -0.3 is 5.73 Å². The summed E-state index contributed by atoms with van der Waals surface area (Å²) in [6.07, 6.45) is -5.00. The molecule has 0 aromatic rings. The van der Waals surface area contributed by atoms with E-state index in [9.17, 15) is 13.2 Å². The van der Waals surface area contributed by atoms with Crippen molar-refractivity contribution < 1.29 is 13.2 Å². The SMILES string of the molecule is C[C@H](N)CC(F)(F)F. The quantitative estimate of drug-likeness (QED) is 0.564. The molecule has 0 bridgehead atoms. The molecule has 1 atom stereocenters. The topological polar surface area (TPSA) is 26.0 Å². The first kappa shape index (κ1) is 7.75. The third-order valence-electron chi connectivity index (χ3n) is 0.553. The number of rotatable bonds is 1. The van der Waals surface area contributed by atoms with Crippen molar-refractivity contribution >= 4 is 0 Å². The van der Waals surface area contributed by atoms with Crippen LogP contribution in [0.3, 0.4) is 0 Å². The van der Waals surface area contributed by atoms with E-state index in [1.807, 2.05) is 0 Å². The number of halogens is 3. The Morgan fingerprint density at radius 3 is 1.88 bits per heavy atom. The molecule has 8 heavy (non-hydrogen) atoms. The van der Waals surface area contributed by atoms with Crippen LogP contribution in [-0.4, -0.2) is 12.2 Å².